The molecule has 1 rings (SSSR count). The molecule has 1 heterocycles. The summed E-state index contributed by atoms with van der Waals surface area (Å²) in [4.78, 5) is 2.34. The normalized spacial score (nSPS) is 22.3. The standard InChI is InChI=1S/C11H17N/c1-4-10-7-8-12(6-3)11(5-2)9-10/h4,7-9,11H,1,5-6H2,2-3H3. The van der Waals surface area contributed by atoms with Crippen molar-refractivity contribution < 1.29 is 0 Å². The SMILES string of the molecule is C=CC1=CC(CC)N(CC)C=C1. The zero-order valence-electron chi connectivity index (χ0n) is 7.96. The van der Waals surface area contributed by atoms with Gasteiger partial charge in [-0.2, -0.15) is 0 Å². The van der Waals surface area contributed by atoms with Gasteiger partial charge in [0.1, 0.15) is 0 Å². The highest BCUT2D eigenvalue weighted by molar-refractivity contribution is 5.33. The van der Waals surface area contributed by atoms with Gasteiger partial charge in [-0.15, -0.1) is 0 Å². The van der Waals surface area contributed by atoms with Crippen LogP contribution in [0.1, 0.15) is 20.3 Å². The predicted molar refractivity (Wildman–Crippen MR) is 53.9 cm³/mol. The molecule has 66 valence electrons. The summed E-state index contributed by atoms with van der Waals surface area (Å²) in [7, 11) is 0. The lowest BCUT2D eigenvalue weighted by atomic mass is 10.1. The van der Waals surface area contributed by atoms with Gasteiger partial charge < -0.3 is 4.90 Å². The van der Waals surface area contributed by atoms with E-state index in [9.17, 15) is 0 Å². The van der Waals surface area contributed by atoms with Crippen LogP contribution in [-0.4, -0.2) is 17.5 Å². The Morgan fingerprint density at radius 1 is 1.58 bits per heavy atom. The van der Waals surface area contributed by atoms with Crippen molar-refractivity contribution in [1.29, 1.82) is 0 Å². The van der Waals surface area contributed by atoms with Crippen LogP contribution in [0.25, 0.3) is 0 Å². The molecule has 0 amide bonds. The summed E-state index contributed by atoms with van der Waals surface area (Å²) in [6.45, 7) is 9.24. The Bertz CT molecular complexity index is 213. The summed E-state index contributed by atoms with van der Waals surface area (Å²) >= 11 is 0. The van der Waals surface area contributed by atoms with Gasteiger partial charge in [0.25, 0.3) is 0 Å². The Balaban J connectivity index is 2.73. The minimum absolute atomic E-state index is 0.563. The minimum atomic E-state index is 0.563. The number of hydrogen-bond donors (Lipinski definition) is 0. The van der Waals surface area contributed by atoms with E-state index >= 15 is 0 Å². The van der Waals surface area contributed by atoms with Gasteiger partial charge in [0.15, 0.2) is 0 Å². The maximum absolute atomic E-state index is 3.77. The van der Waals surface area contributed by atoms with Crippen molar-refractivity contribution in [3.8, 4) is 0 Å². The lowest BCUT2D eigenvalue weighted by Crippen LogP contribution is -2.30. The Labute approximate surface area is 75.1 Å². The van der Waals surface area contributed by atoms with Gasteiger partial charge in [-0.05, 0) is 25.0 Å². The predicted octanol–water partition coefficient (Wildman–Crippen LogP) is 2.73. The first-order valence-electron chi connectivity index (χ1n) is 4.60. The number of likely N-dealkylation sites (N-methyl/N-ethyl adjacent to an activating group) is 1. The molecular formula is C11H17N. The van der Waals surface area contributed by atoms with Crippen LogP contribution in [-0.2, 0) is 0 Å². The maximum Gasteiger partial charge on any atom is 0.0473 e. The van der Waals surface area contributed by atoms with E-state index in [1.165, 1.54) is 5.57 Å². The zero-order valence-corrected chi connectivity index (χ0v) is 7.96. The van der Waals surface area contributed by atoms with Crippen LogP contribution in [0.5, 0.6) is 0 Å². The molecule has 0 radical (unpaired) electrons. The second-order valence-corrected chi connectivity index (χ2v) is 2.99. The van der Waals surface area contributed by atoms with Crippen molar-refractivity contribution in [3.63, 3.8) is 0 Å². The molecule has 1 heteroatoms. The largest absolute Gasteiger partial charge is 0.371 e. The fourth-order valence-electron chi connectivity index (χ4n) is 1.49. The molecule has 0 saturated carbocycles. The molecule has 0 fully saturated rings. The highest BCUT2D eigenvalue weighted by Crippen LogP contribution is 2.16. The molecule has 12 heavy (non-hydrogen) atoms. The molecule has 1 aliphatic heterocycles. The van der Waals surface area contributed by atoms with E-state index in [0.29, 0.717) is 6.04 Å². The molecular weight excluding hydrogens is 146 g/mol. The fraction of sp³-hybridized carbons (Fsp3) is 0.455. The third kappa shape index (κ3) is 1.79. The first-order valence-corrected chi connectivity index (χ1v) is 4.60. The van der Waals surface area contributed by atoms with Crippen LogP contribution >= 0.6 is 0 Å². The molecule has 1 unspecified atom stereocenters. The summed E-state index contributed by atoms with van der Waals surface area (Å²) in [5, 5.41) is 0. The monoisotopic (exact) mass is 163 g/mol. The Morgan fingerprint density at radius 3 is 2.83 bits per heavy atom. The van der Waals surface area contributed by atoms with Crippen LogP contribution in [0.3, 0.4) is 0 Å². The molecule has 0 bridgehead atoms. The lowest BCUT2D eigenvalue weighted by Gasteiger charge is -2.29. The van der Waals surface area contributed by atoms with Crippen LogP contribution < -0.4 is 0 Å². The topological polar surface area (TPSA) is 3.24 Å². The van der Waals surface area contributed by atoms with Crippen LogP contribution in [0.15, 0.2) is 36.6 Å². The quantitative estimate of drug-likeness (QED) is 0.618. The number of nitrogens with zero attached hydrogens (tertiary/aromatic N) is 1. The number of rotatable bonds is 3. The molecule has 0 aromatic rings. The second-order valence-electron chi connectivity index (χ2n) is 2.99. The molecule has 1 nitrogen and oxygen atoms in total. The summed E-state index contributed by atoms with van der Waals surface area (Å²) in [6.07, 6.45) is 9.62. The van der Waals surface area contributed by atoms with Crippen molar-refractivity contribution in [2.24, 2.45) is 0 Å². The lowest BCUT2D eigenvalue weighted by molar-refractivity contribution is 0.323. The number of hydrogen-bond acceptors (Lipinski definition) is 1. The van der Waals surface area contributed by atoms with E-state index < -0.39 is 0 Å². The highest BCUT2D eigenvalue weighted by atomic mass is 15.1. The van der Waals surface area contributed by atoms with E-state index in [1.807, 2.05) is 6.08 Å². The highest BCUT2D eigenvalue weighted by Gasteiger charge is 2.11. The Kier molecular flexibility index (Phi) is 3.15. The Morgan fingerprint density at radius 2 is 2.33 bits per heavy atom. The molecule has 0 aromatic carbocycles. The van der Waals surface area contributed by atoms with E-state index in [4.69, 9.17) is 0 Å². The summed E-state index contributed by atoms with van der Waals surface area (Å²) in [5.41, 5.74) is 1.24. The molecule has 0 N–H and O–H groups in total. The van der Waals surface area contributed by atoms with Gasteiger partial charge >= 0.3 is 0 Å². The molecule has 1 aliphatic rings. The van der Waals surface area contributed by atoms with Crippen molar-refractivity contribution in [2.45, 2.75) is 26.3 Å². The summed E-state index contributed by atoms with van der Waals surface area (Å²) in [5.74, 6) is 0. The van der Waals surface area contributed by atoms with Gasteiger partial charge in [-0.25, -0.2) is 0 Å². The van der Waals surface area contributed by atoms with E-state index in [2.05, 4.69) is 43.7 Å². The van der Waals surface area contributed by atoms with Crippen molar-refractivity contribution in [2.75, 3.05) is 6.54 Å². The fourth-order valence-corrected chi connectivity index (χ4v) is 1.49. The Hall–Kier alpha value is -0.980. The zero-order chi connectivity index (χ0) is 8.97. The van der Waals surface area contributed by atoms with E-state index in [-0.39, 0.29) is 0 Å². The molecule has 0 aromatic heterocycles. The van der Waals surface area contributed by atoms with Crippen LogP contribution in [0.2, 0.25) is 0 Å². The van der Waals surface area contributed by atoms with Gasteiger partial charge in [0.2, 0.25) is 0 Å². The van der Waals surface area contributed by atoms with Gasteiger partial charge in [-0.1, -0.05) is 25.7 Å². The van der Waals surface area contributed by atoms with Gasteiger partial charge in [0.05, 0.1) is 0 Å². The minimum Gasteiger partial charge on any atom is -0.371 e. The summed E-state index contributed by atoms with van der Waals surface area (Å²) < 4.78 is 0. The maximum atomic E-state index is 3.77. The average molecular weight is 163 g/mol. The molecule has 0 spiro atoms. The molecule has 0 saturated heterocycles. The first-order chi connectivity index (χ1) is 5.81. The van der Waals surface area contributed by atoms with Crippen molar-refractivity contribution in [1.82, 2.24) is 4.90 Å². The molecule has 0 aliphatic carbocycles. The van der Waals surface area contributed by atoms with Crippen molar-refractivity contribution in [3.05, 3.63) is 36.6 Å². The van der Waals surface area contributed by atoms with Crippen LogP contribution in [0.4, 0.5) is 0 Å². The average Bonchev–Trinajstić information content (AvgIpc) is 2.16. The van der Waals surface area contributed by atoms with Gasteiger partial charge in [0, 0.05) is 18.8 Å². The summed E-state index contributed by atoms with van der Waals surface area (Å²) in [6, 6.07) is 0.563. The smallest absolute Gasteiger partial charge is 0.0473 e. The second kappa shape index (κ2) is 4.15. The van der Waals surface area contributed by atoms with Gasteiger partial charge in [-0.3, -0.25) is 0 Å². The van der Waals surface area contributed by atoms with E-state index in [1.54, 1.807) is 0 Å². The first kappa shape index (κ1) is 9.11. The third-order valence-corrected chi connectivity index (χ3v) is 2.29. The van der Waals surface area contributed by atoms with Crippen molar-refractivity contribution >= 4 is 0 Å². The number of allylic oxidation sites excluding steroid dienone is 3. The van der Waals surface area contributed by atoms with E-state index in [0.717, 1.165) is 13.0 Å². The van der Waals surface area contributed by atoms with Crippen LogP contribution in [0, 0.1) is 0 Å². The molecule has 1 atom stereocenters. The third-order valence-electron chi connectivity index (χ3n) is 2.29.